The highest BCUT2D eigenvalue weighted by Gasteiger charge is 2.18. The van der Waals surface area contributed by atoms with Gasteiger partial charge in [-0.05, 0) is 23.6 Å². The SMILES string of the molecule is CCNCc1cccc(F)c1N(C)CC(C)(C)C. The highest BCUT2D eigenvalue weighted by atomic mass is 19.1. The molecule has 0 atom stereocenters. The second kappa shape index (κ2) is 6.19. The molecule has 1 N–H and O–H groups in total. The van der Waals surface area contributed by atoms with Gasteiger partial charge in [0.05, 0.1) is 5.69 Å². The third-order valence-electron chi connectivity index (χ3n) is 2.73. The highest BCUT2D eigenvalue weighted by molar-refractivity contribution is 5.54. The Morgan fingerprint density at radius 3 is 2.50 bits per heavy atom. The molecule has 2 nitrogen and oxygen atoms in total. The maximum atomic E-state index is 14.0. The lowest BCUT2D eigenvalue weighted by molar-refractivity contribution is 0.416. The number of hydrogen-bond donors (Lipinski definition) is 1. The molecule has 0 bridgehead atoms. The molecule has 0 fully saturated rings. The zero-order valence-corrected chi connectivity index (χ0v) is 12.2. The van der Waals surface area contributed by atoms with Crippen molar-refractivity contribution in [3.63, 3.8) is 0 Å². The number of nitrogens with zero attached hydrogens (tertiary/aromatic N) is 1. The van der Waals surface area contributed by atoms with E-state index < -0.39 is 0 Å². The van der Waals surface area contributed by atoms with Crippen LogP contribution in [0.15, 0.2) is 18.2 Å². The summed E-state index contributed by atoms with van der Waals surface area (Å²) in [6.45, 7) is 11.0. The molecule has 0 amide bonds. The molecule has 0 heterocycles. The summed E-state index contributed by atoms with van der Waals surface area (Å²) in [5.74, 6) is -0.142. The second-order valence-electron chi connectivity index (χ2n) is 5.94. The topological polar surface area (TPSA) is 15.3 Å². The number of halogens is 1. The smallest absolute Gasteiger partial charge is 0.146 e. The molecule has 1 aromatic carbocycles. The highest BCUT2D eigenvalue weighted by Crippen LogP contribution is 2.26. The maximum absolute atomic E-state index is 14.0. The van der Waals surface area contributed by atoms with Crippen molar-refractivity contribution >= 4 is 5.69 Å². The van der Waals surface area contributed by atoms with Crippen LogP contribution in [0.5, 0.6) is 0 Å². The Labute approximate surface area is 110 Å². The molecular formula is C15H25FN2. The van der Waals surface area contributed by atoms with Gasteiger partial charge in [-0.3, -0.25) is 0 Å². The molecule has 102 valence electrons. The first-order valence-corrected chi connectivity index (χ1v) is 6.54. The van der Waals surface area contributed by atoms with E-state index in [2.05, 4.69) is 33.0 Å². The summed E-state index contributed by atoms with van der Waals surface area (Å²) < 4.78 is 14.0. The van der Waals surface area contributed by atoms with E-state index >= 15 is 0 Å². The molecule has 0 aliphatic carbocycles. The molecule has 3 heteroatoms. The van der Waals surface area contributed by atoms with Crippen molar-refractivity contribution < 1.29 is 4.39 Å². The van der Waals surface area contributed by atoms with Gasteiger partial charge < -0.3 is 10.2 Å². The zero-order valence-electron chi connectivity index (χ0n) is 12.2. The third kappa shape index (κ3) is 4.30. The number of para-hydroxylation sites is 1. The van der Waals surface area contributed by atoms with Gasteiger partial charge in [-0.2, -0.15) is 0 Å². The van der Waals surface area contributed by atoms with E-state index in [4.69, 9.17) is 0 Å². The van der Waals surface area contributed by atoms with E-state index in [0.717, 1.165) is 18.7 Å². The van der Waals surface area contributed by atoms with Gasteiger partial charge in [0.25, 0.3) is 0 Å². The lowest BCUT2D eigenvalue weighted by Crippen LogP contribution is -2.31. The van der Waals surface area contributed by atoms with Gasteiger partial charge in [0, 0.05) is 20.1 Å². The molecule has 1 aromatic rings. The minimum atomic E-state index is -0.142. The van der Waals surface area contributed by atoms with Crippen LogP contribution in [-0.2, 0) is 6.54 Å². The average molecular weight is 252 g/mol. The number of hydrogen-bond acceptors (Lipinski definition) is 2. The van der Waals surface area contributed by atoms with Gasteiger partial charge in [0.15, 0.2) is 0 Å². The van der Waals surface area contributed by atoms with E-state index in [1.807, 2.05) is 18.0 Å². The molecular weight excluding hydrogens is 227 g/mol. The Morgan fingerprint density at radius 2 is 1.94 bits per heavy atom. The summed E-state index contributed by atoms with van der Waals surface area (Å²) in [5.41, 5.74) is 1.88. The van der Waals surface area contributed by atoms with Crippen LogP contribution in [0.2, 0.25) is 0 Å². The van der Waals surface area contributed by atoms with Crippen molar-refractivity contribution in [3.8, 4) is 0 Å². The minimum absolute atomic E-state index is 0.142. The number of rotatable bonds is 5. The second-order valence-corrected chi connectivity index (χ2v) is 5.94. The van der Waals surface area contributed by atoms with Gasteiger partial charge in [-0.1, -0.05) is 39.8 Å². The van der Waals surface area contributed by atoms with Crippen LogP contribution in [0, 0.1) is 11.2 Å². The van der Waals surface area contributed by atoms with Gasteiger partial charge in [-0.15, -0.1) is 0 Å². The molecule has 0 aliphatic heterocycles. The fourth-order valence-electron chi connectivity index (χ4n) is 2.18. The number of nitrogens with one attached hydrogen (secondary N) is 1. The summed E-state index contributed by atoms with van der Waals surface area (Å²) in [6, 6.07) is 5.29. The normalized spacial score (nSPS) is 11.7. The maximum Gasteiger partial charge on any atom is 0.146 e. The largest absolute Gasteiger partial charge is 0.371 e. The van der Waals surface area contributed by atoms with Gasteiger partial charge in [0.2, 0.25) is 0 Å². The molecule has 0 saturated carbocycles. The molecule has 0 saturated heterocycles. The summed E-state index contributed by atoms with van der Waals surface area (Å²) in [4.78, 5) is 2.02. The van der Waals surface area contributed by atoms with E-state index in [1.54, 1.807) is 6.07 Å². The first-order valence-electron chi connectivity index (χ1n) is 6.54. The fraction of sp³-hybridized carbons (Fsp3) is 0.600. The first-order chi connectivity index (χ1) is 8.35. The van der Waals surface area contributed by atoms with Crippen molar-refractivity contribution in [1.82, 2.24) is 5.32 Å². The van der Waals surface area contributed by atoms with E-state index in [0.29, 0.717) is 12.2 Å². The van der Waals surface area contributed by atoms with Crippen molar-refractivity contribution in [2.75, 3.05) is 25.0 Å². The molecule has 0 aromatic heterocycles. The van der Waals surface area contributed by atoms with Crippen LogP contribution < -0.4 is 10.2 Å². The molecule has 0 aliphatic rings. The summed E-state index contributed by atoms with van der Waals surface area (Å²) in [6.07, 6.45) is 0. The van der Waals surface area contributed by atoms with Crippen LogP contribution >= 0.6 is 0 Å². The minimum Gasteiger partial charge on any atom is -0.371 e. The number of anilines is 1. The lowest BCUT2D eigenvalue weighted by Gasteiger charge is -2.30. The van der Waals surface area contributed by atoms with Gasteiger partial charge in [0.1, 0.15) is 5.82 Å². The van der Waals surface area contributed by atoms with E-state index in [1.165, 1.54) is 6.07 Å². The predicted octanol–water partition coefficient (Wildman–Crippen LogP) is 3.42. The fourth-order valence-corrected chi connectivity index (χ4v) is 2.18. The van der Waals surface area contributed by atoms with Gasteiger partial charge >= 0.3 is 0 Å². The van der Waals surface area contributed by atoms with Crippen LogP contribution in [-0.4, -0.2) is 20.1 Å². The monoisotopic (exact) mass is 252 g/mol. The standard InChI is InChI=1S/C15H25FN2/c1-6-17-10-12-8-7-9-13(16)14(12)18(5)11-15(2,3)4/h7-9,17H,6,10-11H2,1-5H3. The summed E-state index contributed by atoms with van der Waals surface area (Å²) in [7, 11) is 1.96. The van der Waals surface area contributed by atoms with Crippen molar-refractivity contribution in [3.05, 3.63) is 29.6 Å². The summed E-state index contributed by atoms with van der Waals surface area (Å²) >= 11 is 0. The average Bonchev–Trinajstić information content (AvgIpc) is 2.23. The van der Waals surface area contributed by atoms with Crippen LogP contribution in [0.3, 0.4) is 0 Å². The first kappa shape index (κ1) is 15.0. The molecule has 0 spiro atoms. The quantitative estimate of drug-likeness (QED) is 0.864. The van der Waals surface area contributed by atoms with E-state index in [-0.39, 0.29) is 11.2 Å². The molecule has 1 rings (SSSR count). The zero-order chi connectivity index (χ0) is 13.8. The van der Waals surface area contributed by atoms with Crippen molar-refractivity contribution in [2.24, 2.45) is 5.41 Å². The van der Waals surface area contributed by atoms with Crippen molar-refractivity contribution in [1.29, 1.82) is 0 Å². The molecule has 0 unspecified atom stereocenters. The Bertz CT molecular complexity index is 383. The number of benzene rings is 1. The Kier molecular flexibility index (Phi) is 5.15. The van der Waals surface area contributed by atoms with E-state index in [9.17, 15) is 4.39 Å². The van der Waals surface area contributed by atoms with Crippen LogP contribution in [0.1, 0.15) is 33.3 Å². The van der Waals surface area contributed by atoms with Gasteiger partial charge in [-0.25, -0.2) is 4.39 Å². The van der Waals surface area contributed by atoms with Crippen molar-refractivity contribution in [2.45, 2.75) is 34.2 Å². The molecule has 0 radical (unpaired) electrons. The molecule has 18 heavy (non-hydrogen) atoms. The third-order valence-corrected chi connectivity index (χ3v) is 2.73. The Morgan fingerprint density at radius 1 is 1.28 bits per heavy atom. The summed E-state index contributed by atoms with van der Waals surface area (Å²) in [5, 5.41) is 3.26. The van der Waals surface area contributed by atoms with Crippen LogP contribution in [0.4, 0.5) is 10.1 Å². The lowest BCUT2D eigenvalue weighted by atomic mass is 9.95. The van der Waals surface area contributed by atoms with Crippen LogP contribution in [0.25, 0.3) is 0 Å². The Balaban J connectivity index is 2.97. The predicted molar refractivity (Wildman–Crippen MR) is 76.5 cm³/mol. The Hall–Kier alpha value is -1.09.